The average Bonchev–Trinajstić information content (AvgIpc) is 2.62. The zero-order valence-electron chi connectivity index (χ0n) is 16.1. The second kappa shape index (κ2) is 9.13. The number of para-hydroxylation sites is 1. The Morgan fingerprint density at radius 1 is 1.04 bits per heavy atom. The summed E-state index contributed by atoms with van der Waals surface area (Å²) in [5, 5.41) is 2.88. The van der Waals surface area contributed by atoms with Gasteiger partial charge in [0.1, 0.15) is 12.6 Å². The lowest BCUT2D eigenvalue weighted by Crippen LogP contribution is -2.37. The van der Waals surface area contributed by atoms with Gasteiger partial charge in [-0.05, 0) is 38.0 Å². The van der Waals surface area contributed by atoms with Crippen LogP contribution in [0.15, 0.2) is 42.6 Å². The molecule has 0 saturated carbocycles. The molecule has 2 aromatic rings. The summed E-state index contributed by atoms with van der Waals surface area (Å²) in [5.74, 6) is -0.00423. The maximum absolute atomic E-state index is 12.5. The molecule has 26 heavy (non-hydrogen) atoms. The number of aryl methyl sites for hydroxylation is 3. The van der Waals surface area contributed by atoms with Crippen LogP contribution in [-0.2, 0) is 24.7 Å². The molecular weight excluding hydrogens is 326 g/mol. The summed E-state index contributed by atoms with van der Waals surface area (Å²) in [4.78, 5) is 25.6. The Morgan fingerprint density at radius 2 is 1.73 bits per heavy atom. The van der Waals surface area contributed by atoms with Crippen LogP contribution in [0.5, 0.6) is 0 Å². The van der Waals surface area contributed by atoms with Crippen LogP contribution in [0, 0.1) is 0 Å². The van der Waals surface area contributed by atoms with Gasteiger partial charge in [-0.25, -0.2) is 4.57 Å². The van der Waals surface area contributed by atoms with E-state index in [1.165, 1.54) is 6.92 Å². The Kier molecular flexibility index (Phi) is 6.89. The summed E-state index contributed by atoms with van der Waals surface area (Å²) < 4.78 is 2.01. The first kappa shape index (κ1) is 19.6. The minimum Gasteiger partial charge on any atom is -0.339 e. The lowest BCUT2D eigenvalue weighted by molar-refractivity contribution is -0.679. The van der Waals surface area contributed by atoms with Gasteiger partial charge in [-0.1, -0.05) is 18.2 Å². The van der Waals surface area contributed by atoms with Crippen molar-refractivity contribution in [3.63, 3.8) is 0 Å². The molecule has 0 radical (unpaired) electrons. The van der Waals surface area contributed by atoms with Gasteiger partial charge in [-0.15, -0.1) is 0 Å². The maximum atomic E-state index is 12.5. The van der Waals surface area contributed by atoms with Gasteiger partial charge in [0.2, 0.25) is 5.91 Å². The van der Waals surface area contributed by atoms with Crippen LogP contribution in [0.4, 0.5) is 5.69 Å². The van der Waals surface area contributed by atoms with Crippen LogP contribution in [0.3, 0.4) is 0 Å². The first-order valence-corrected chi connectivity index (χ1v) is 9.09. The van der Waals surface area contributed by atoms with E-state index >= 15 is 0 Å². The van der Waals surface area contributed by atoms with E-state index in [2.05, 4.69) is 5.32 Å². The smallest absolute Gasteiger partial charge is 0.259 e. The largest absolute Gasteiger partial charge is 0.339 e. The number of carbonyl (C=O) groups is 2. The van der Waals surface area contributed by atoms with Gasteiger partial charge < -0.3 is 10.2 Å². The Morgan fingerprint density at radius 3 is 2.35 bits per heavy atom. The predicted molar refractivity (Wildman–Crippen MR) is 103 cm³/mol. The molecule has 1 aromatic heterocycles. The number of benzene rings is 1. The van der Waals surface area contributed by atoms with Crippen LogP contribution in [0.25, 0.3) is 0 Å². The van der Waals surface area contributed by atoms with Crippen LogP contribution < -0.4 is 9.88 Å². The van der Waals surface area contributed by atoms with Crippen molar-refractivity contribution in [2.75, 3.05) is 18.4 Å². The highest BCUT2D eigenvalue weighted by atomic mass is 16.2. The molecule has 2 amide bonds. The molecule has 0 bridgehead atoms. The first-order chi connectivity index (χ1) is 12.5. The highest BCUT2D eigenvalue weighted by molar-refractivity contribution is 5.93. The van der Waals surface area contributed by atoms with Crippen molar-refractivity contribution in [2.24, 2.45) is 7.05 Å². The SMILES string of the molecule is CCN(CC)C(=O)c1ccc(CCc2ccccc2NC(C)=O)[n+](C)c1. The topological polar surface area (TPSA) is 53.3 Å². The van der Waals surface area contributed by atoms with E-state index in [9.17, 15) is 9.59 Å². The van der Waals surface area contributed by atoms with E-state index in [4.69, 9.17) is 0 Å². The van der Waals surface area contributed by atoms with Crippen LogP contribution >= 0.6 is 0 Å². The molecule has 0 atom stereocenters. The number of anilines is 1. The van der Waals surface area contributed by atoms with Crippen molar-refractivity contribution in [3.05, 3.63) is 59.4 Å². The molecule has 5 heteroatoms. The highest BCUT2D eigenvalue weighted by Crippen LogP contribution is 2.17. The van der Waals surface area contributed by atoms with Gasteiger partial charge in [0, 0.05) is 38.2 Å². The molecular formula is C21H28N3O2+. The van der Waals surface area contributed by atoms with Crippen molar-refractivity contribution in [1.29, 1.82) is 0 Å². The number of aromatic nitrogens is 1. The fraction of sp³-hybridized carbons (Fsp3) is 0.381. The van der Waals surface area contributed by atoms with Crippen LogP contribution in [-0.4, -0.2) is 29.8 Å². The summed E-state index contributed by atoms with van der Waals surface area (Å²) in [6.45, 7) is 6.91. The molecule has 0 aliphatic rings. The Bertz CT molecular complexity index is 783. The van der Waals surface area contributed by atoms with Crippen molar-refractivity contribution in [2.45, 2.75) is 33.6 Å². The summed E-state index contributed by atoms with van der Waals surface area (Å²) in [5.41, 5.74) is 3.80. The van der Waals surface area contributed by atoms with E-state index in [1.54, 1.807) is 0 Å². The molecule has 0 spiro atoms. The average molecular weight is 354 g/mol. The van der Waals surface area contributed by atoms with Gasteiger partial charge in [-0.2, -0.15) is 0 Å². The molecule has 0 aliphatic heterocycles. The van der Waals surface area contributed by atoms with E-state index in [0.717, 1.165) is 29.8 Å². The number of nitrogens with zero attached hydrogens (tertiary/aromatic N) is 2. The lowest BCUT2D eigenvalue weighted by Gasteiger charge is -2.17. The maximum Gasteiger partial charge on any atom is 0.259 e. The van der Waals surface area contributed by atoms with Gasteiger partial charge in [-0.3, -0.25) is 9.59 Å². The quantitative estimate of drug-likeness (QED) is 0.778. The highest BCUT2D eigenvalue weighted by Gasteiger charge is 2.17. The fourth-order valence-corrected chi connectivity index (χ4v) is 3.03. The molecule has 0 aliphatic carbocycles. The van der Waals surface area contributed by atoms with Gasteiger partial charge in [0.05, 0.1) is 0 Å². The zero-order chi connectivity index (χ0) is 19.1. The number of amides is 2. The van der Waals surface area contributed by atoms with Crippen LogP contribution in [0.1, 0.15) is 42.4 Å². The number of nitrogens with one attached hydrogen (secondary N) is 1. The standard InChI is InChI=1S/C21H27N3O2/c1-5-24(6-2)21(26)18-12-14-19(23(4)15-18)13-11-17-9-7-8-10-20(17)22-16(3)25/h7-10,12,14-15H,5-6,11,13H2,1-4H3/p+1. The Balaban J connectivity index is 2.12. The number of hydrogen-bond acceptors (Lipinski definition) is 2. The van der Waals surface area contributed by atoms with Crippen molar-refractivity contribution < 1.29 is 14.2 Å². The summed E-state index contributed by atoms with van der Waals surface area (Å²) in [6, 6.07) is 11.8. The molecule has 1 heterocycles. The summed E-state index contributed by atoms with van der Waals surface area (Å²) in [7, 11) is 1.97. The number of rotatable bonds is 7. The normalized spacial score (nSPS) is 10.5. The molecule has 0 unspecified atom stereocenters. The zero-order valence-corrected chi connectivity index (χ0v) is 16.1. The van der Waals surface area contributed by atoms with Crippen molar-refractivity contribution >= 4 is 17.5 Å². The third kappa shape index (κ3) is 4.91. The molecule has 5 nitrogen and oxygen atoms in total. The summed E-state index contributed by atoms with van der Waals surface area (Å²) in [6.07, 6.45) is 3.54. The van der Waals surface area contributed by atoms with E-state index in [-0.39, 0.29) is 11.8 Å². The number of pyridine rings is 1. The monoisotopic (exact) mass is 354 g/mol. The summed E-state index contributed by atoms with van der Waals surface area (Å²) >= 11 is 0. The second-order valence-electron chi connectivity index (χ2n) is 6.34. The minimum atomic E-state index is -0.0673. The molecule has 138 valence electrons. The second-order valence-corrected chi connectivity index (χ2v) is 6.34. The molecule has 1 N–H and O–H groups in total. The van der Waals surface area contributed by atoms with Gasteiger partial charge in [0.15, 0.2) is 11.9 Å². The Labute approximate surface area is 155 Å². The minimum absolute atomic E-state index is 0.0631. The third-order valence-corrected chi connectivity index (χ3v) is 4.52. The van der Waals surface area contributed by atoms with Gasteiger partial charge >= 0.3 is 0 Å². The molecule has 0 fully saturated rings. The molecule has 1 aromatic carbocycles. The van der Waals surface area contributed by atoms with E-state index in [1.807, 2.05) is 73.0 Å². The number of hydrogen-bond donors (Lipinski definition) is 1. The third-order valence-electron chi connectivity index (χ3n) is 4.52. The van der Waals surface area contributed by atoms with E-state index < -0.39 is 0 Å². The van der Waals surface area contributed by atoms with Crippen molar-refractivity contribution in [3.8, 4) is 0 Å². The predicted octanol–water partition coefficient (Wildman–Crippen LogP) is 2.74. The van der Waals surface area contributed by atoms with Gasteiger partial charge in [0.25, 0.3) is 5.91 Å². The fourth-order valence-electron chi connectivity index (χ4n) is 3.03. The van der Waals surface area contributed by atoms with Crippen molar-refractivity contribution in [1.82, 2.24) is 4.90 Å². The van der Waals surface area contributed by atoms with Crippen LogP contribution in [0.2, 0.25) is 0 Å². The molecule has 2 rings (SSSR count). The number of carbonyl (C=O) groups excluding carboxylic acids is 2. The molecule has 0 saturated heterocycles. The first-order valence-electron chi connectivity index (χ1n) is 9.09. The lowest BCUT2D eigenvalue weighted by atomic mass is 10.0. The Hall–Kier alpha value is -2.69. The van der Waals surface area contributed by atoms with E-state index in [0.29, 0.717) is 18.7 Å².